The maximum atomic E-state index is 13.4. The molecule has 2 N–H and O–H groups in total. The summed E-state index contributed by atoms with van der Waals surface area (Å²) in [7, 11) is 0. The third-order valence-electron chi connectivity index (χ3n) is 5.48. The molecule has 11 heteroatoms. The van der Waals surface area contributed by atoms with Gasteiger partial charge in [0.2, 0.25) is 0 Å². The Bertz CT molecular complexity index is 1590. The van der Waals surface area contributed by atoms with Crippen molar-refractivity contribution in [3.8, 4) is 16.9 Å². The maximum absolute atomic E-state index is 13.4. The lowest BCUT2D eigenvalue weighted by Gasteiger charge is -2.12. The number of hydrogen-bond donors (Lipinski definition) is 2. The van der Waals surface area contributed by atoms with Crippen molar-refractivity contribution in [2.75, 3.05) is 5.32 Å². The number of pyridine rings is 1. The summed E-state index contributed by atoms with van der Waals surface area (Å²) in [5.41, 5.74) is 2.68. The quantitative estimate of drug-likeness (QED) is 0.291. The summed E-state index contributed by atoms with van der Waals surface area (Å²) >= 11 is 12.8. The van der Waals surface area contributed by atoms with Crippen molar-refractivity contribution in [3.05, 3.63) is 118 Å². The summed E-state index contributed by atoms with van der Waals surface area (Å²) in [6.07, 6.45) is 3.18. The molecule has 9 nitrogen and oxygen atoms in total. The molecule has 5 rings (SSSR count). The van der Waals surface area contributed by atoms with Crippen LogP contribution in [0.4, 0.5) is 5.82 Å². The van der Waals surface area contributed by atoms with Crippen LogP contribution >= 0.6 is 23.2 Å². The van der Waals surface area contributed by atoms with Crippen molar-refractivity contribution in [1.29, 1.82) is 0 Å². The number of para-hydroxylation sites is 1. The van der Waals surface area contributed by atoms with Crippen LogP contribution in [-0.4, -0.2) is 36.8 Å². The van der Waals surface area contributed by atoms with Crippen molar-refractivity contribution in [1.82, 2.24) is 30.3 Å². The van der Waals surface area contributed by atoms with Crippen LogP contribution in [0.15, 0.2) is 91.3 Å². The van der Waals surface area contributed by atoms with Crippen molar-refractivity contribution >= 4 is 40.8 Å². The highest BCUT2D eigenvalue weighted by atomic mass is 35.5. The van der Waals surface area contributed by atoms with Gasteiger partial charge in [-0.2, -0.15) is 15.3 Å². The molecule has 0 aliphatic heterocycles. The SMILES string of the molecule is O=C(NCc1cccnn1)c1cc(NC(=O)c2cc(-c3ccccn3)c(Cl)cc2Cl)n(-c2ccccc2)n1. The molecule has 0 atom stereocenters. The van der Waals surface area contributed by atoms with Crippen LogP contribution in [0.5, 0.6) is 0 Å². The zero-order chi connectivity index (χ0) is 26.5. The van der Waals surface area contributed by atoms with Crippen LogP contribution in [0.2, 0.25) is 10.0 Å². The van der Waals surface area contributed by atoms with Crippen LogP contribution < -0.4 is 10.6 Å². The summed E-state index contributed by atoms with van der Waals surface area (Å²) in [5.74, 6) is -0.675. The van der Waals surface area contributed by atoms with E-state index in [4.69, 9.17) is 23.2 Å². The summed E-state index contributed by atoms with van der Waals surface area (Å²) in [5, 5.41) is 18.3. The first-order valence-electron chi connectivity index (χ1n) is 11.4. The fourth-order valence-corrected chi connectivity index (χ4v) is 4.23. The highest BCUT2D eigenvalue weighted by Gasteiger charge is 2.21. The molecule has 188 valence electrons. The third-order valence-corrected chi connectivity index (χ3v) is 6.11. The van der Waals surface area contributed by atoms with E-state index >= 15 is 0 Å². The van der Waals surface area contributed by atoms with Gasteiger partial charge in [0.15, 0.2) is 5.69 Å². The largest absolute Gasteiger partial charge is 0.345 e. The van der Waals surface area contributed by atoms with E-state index in [-0.39, 0.29) is 28.6 Å². The first-order valence-corrected chi connectivity index (χ1v) is 12.2. The van der Waals surface area contributed by atoms with Crippen LogP contribution in [0.25, 0.3) is 16.9 Å². The Hall–Kier alpha value is -4.60. The number of hydrogen-bond acceptors (Lipinski definition) is 6. The zero-order valence-corrected chi connectivity index (χ0v) is 21.2. The standard InChI is InChI=1S/C27H19Cl2N7O2/c28-21-14-22(29)20(13-19(21)23-10-4-5-11-30-23)26(37)33-25-15-24(35-36(25)18-8-2-1-3-9-18)27(38)31-16-17-7-6-12-32-34-17/h1-15H,16H2,(H,31,38)(H,33,37). The second-order valence-corrected chi connectivity index (χ2v) is 8.86. The molecule has 2 aromatic carbocycles. The molecule has 0 spiro atoms. The van der Waals surface area contributed by atoms with Gasteiger partial charge in [0, 0.05) is 24.0 Å². The number of rotatable bonds is 7. The highest BCUT2D eigenvalue weighted by molar-refractivity contribution is 6.38. The van der Waals surface area contributed by atoms with Crippen molar-refractivity contribution in [2.45, 2.75) is 6.54 Å². The number of aromatic nitrogens is 5. The lowest BCUT2D eigenvalue weighted by Crippen LogP contribution is -2.24. The van der Waals surface area contributed by atoms with Gasteiger partial charge in [0.05, 0.1) is 39.2 Å². The molecule has 2 amide bonds. The Balaban J connectivity index is 1.45. The number of nitrogens with zero attached hydrogens (tertiary/aromatic N) is 5. The number of anilines is 1. The van der Waals surface area contributed by atoms with Crippen molar-refractivity contribution in [2.24, 2.45) is 0 Å². The van der Waals surface area contributed by atoms with Crippen LogP contribution in [-0.2, 0) is 6.54 Å². The van der Waals surface area contributed by atoms with Gasteiger partial charge in [-0.05, 0) is 48.5 Å². The molecule has 3 aromatic heterocycles. The Morgan fingerprint density at radius 2 is 1.66 bits per heavy atom. The van der Waals surface area contributed by atoms with Gasteiger partial charge in [0.25, 0.3) is 11.8 Å². The fraction of sp³-hybridized carbons (Fsp3) is 0.0370. The first kappa shape index (κ1) is 25.1. The first-order chi connectivity index (χ1) is 18.5. The van der Waals surface area contributed by atoms with Crippen LogP contribution in [0.3, 0.4) is 0 Å². The lowest BCUT2D eigenvalue weighted by molar-refractivity contribution is 0.0944. The summed E-state index contributed by atoms with van der Waals surface area (Å²) in [6, 6.07) is 22.6. The minimum atomic E-state index is -0.507. The maximum Gasteiger partial charge on any atom is 0.272 e. The molecule has 0 saturated carbocycles. The van der Waals surface area contributed by atoms with Crippen molar-refractivity contribution < 1.29 is 9.59 Å². The fourth-order valence-electron chi connectivity index (χ4n) is 3.66. The molecular weight excluding hydrogens is 525 g/mol. The number of carbonyl (C=O) groups excluding carboxylic acids is 2. The predicted molar refractivity (Wildman–Crippen MR) is 144 cm³/mol. The second-order valence-electron chi connectivity index (χ2n) is 8.04. The van der Waals surface area contributed by atoms with E-state index in [1.54, 1.807) is 54.9 Å². The van der Waals surface area contributed by atoms with Gasteiger partial charge >= 0.3 is 0 Å². The van der Waals surface area contributed by atoms with E-state index in [1.165, 1.54) is 16.8 Å². The minimum Gasteiger partial charge on any atom is -0.345 e. The molecule has 0 radical (unpaired) electrons. The number of halogens is 2. The molecular formula is C27H19Cl2N7O2. The average Bonchev–Trinajstić information content (AvgIpc) is 3.37. The number of benzene rings is 2. The van der Waals surface area contributed by atoms with E-state index in [0.29, 0.717) is 27.7 Å². The lowest BCUT2D eigenvalue weighted by atomic mass is 10.1. The molecule has 5 aromatic rings. The monoisotopic (exact) mass is 543 g/mol. The topological polar surface area (TPSA) is 115 Å². The number of carbonyl (C=O) groups is 2. The summed E-state index contributed by atoms with van der Waals surface area (Å²) in [4.78, 5) is 30.6. The Morgan fingerprint density at radius 1 is 0.842 bits per heavy atom. The van der Waals surface area contributed by atoms with Crippen LogP contribution in [0.1, 0.15) is 26.5 Å². The Labute approximate surface area is 227 Å². The van der Waals surface area contributed by atoms with E-state index in [1.807, 2.05) is 24.3 Å². The second kappa shape index (κ2) is 11.2. The molecule has 38 heavy (non-hydrogen) atoms. The smallest absolute Gasteiger partial charge is 0.272 e. The Morgan fingerprint density at radius 3 is 2.39 bits per heavy atom. The van der Waals surface area contributed by atoms with E-state index < -0.39 is 11.8 Å². The van der Waals surface area contributed by atoms with Gasteiger partial charge in [-0.3, -0.25) is 14.6 Å². The molecule has 0 bridgehead atoms. The van der Waals surface area contributed by atoms with Gasteiger partial charge in [0.1, 0.15) is 5.82 Å². The minimum absolute atomic E-state index is 0.101. The van der Waals surface area contributed by atoms with Gasteiger partial charge in [-0.1, -0.05) is 47.5 Å². The summed E-state index contributed by atoms with van der Waals surface area (Å²) < 4.78 is 1.47. The molecule has 0 fully saturated rings. The normalized spacial score (nSPS) is 10.7. The molecule has 0 unspecified atom stereocenters. The van der Waals surface area contributed by atoms with Crippen LogP contribution in [0, 0.1) is 0 Å². The van der Waals surface area contributed by atoms with Gasteiger partial charge in [-0.15, -0.1) is 0 Å². The van der Waals surface area contributed by atoms with Gasteiger partial charge in [-0.25, -0.2) is 4.68 Å². The molecule has 0 aliphatic rings. The highest BCUT2D eigenvalue weighted by Crippen LogP contribution is 2.32. The predicted octanol–water partition coefficient (Wildman–Crippen LogP) is 5.21. The number of nitrogens with one attached hydrogen (secondary N) is 2. The average molecular weight is 544 g/mol. The Kier molecular flexibility index (Phi) is 7.39. The van der Waals surface area contributed by atoms with E-state index in [2.05, 4.69) is 30.9 Å². The molecule has 3 heterocycles. The molecule has 0 aliphatic carbocycles. The molecule has 0 saturated heterocycles. The number of amides is 2. The van der Waals surface area contributed by atoms with E-state index in [9.17, 15) is 9.59 Å². The zero-order valence-electron chi connectivity index (χ0n) is 19.7. The van der Waals surface area contributed by atoms with E-state index in [0.717, 1.165) is 0 Å². The summed E-state index contributed by atoms with van der Waals surface area (Å²) in [6.45, 7) is 0.170. The van der Waals surface area contributed by atoms with Crippen molar-refractivity contribution in [3.63, 3.8) is 0 Å². The van der Waals surface area contributed by atoms with Gasteiger partial charge < -0.3 is 10.6 Å². The third kappa shape index (κ3) is 5.54.